The first kappa shape index (κ1) is 12.1. The molecule has 0 bridgehead atoms. The molecule has 0 heterocycles. The topological polar surface area (TPSA) is 21.3 Å². The van der Waals surface area contributed by atoms with Gasteiger partial charge in [0.1, 0.15) is 5.75 Å². The zero-order chi connectivity index (χ0) is 11.5. The summed E-state index contributed by atoms with van der Waals surface area (Å²) < 4.78 is 5.34. The van der Waals surface area contributed by atoms with Crippen molar-refractivity contribution < 1.29 is 4.74 Å². The third kappa shape index (κ3) is 2.72. The number of hydrogen-bond acceptors (Lipinski definition) is 2. The number of hydrogen-bond donors (Lipinski definition) is 1. The summed E-state index contributed by atoms with van der Waals surface area (Å²) in [6.07, 6.45) is 0. The maximum Gasteiger partial charge on any atom is 0.122 e. The van der Waals surface area contributed by atoms with Crippen LogP contribution < -0.4 is 10.1 Å². The van der Waals surface area contributed by atoms with Crippen LogP contribution in [0.1, 0.15) is 25.0 Å². The SMILES string of the molecule is CNCC(C)(C)c1ccc(C)c(OC)c1. The summed E-state index contributed by atoms with van der Waals surface area (Å²) in [5.74, 6) is 0.969. The third-order valence-electron chi connectivity index (χ3n) is 2.81. The average Bonchev–Trinajstić information content (AvgIpc) is 2.18. The molecular formula is C13H21NO. The van der Waals surface area contributed by atoms with E-state index in [0.717, 1.165) is 12.3 Å². The lowest BCUT2D eigenvalue weighted by Gasteiger charge is -2.25. The van der Waals surface area contributed by atoms with E-state index in [9.17, 15) is 0 Å². The van der Waals surface area contributed by atoms with Gasteiger partial charge in [-0.25, -0.2) is 0 Å². The molecule has 0 atom stereocenters. The van der Waals surface area contributed by atoms with E-state index in [-0.39, 0.29) is 5.41 Å². The van der Waals surface area contributed by atoms with Gasteiger partial charge in [-0.3, -0.25) is 0 Å². The highest BCUT2D eigenvalue weighted by atomic mass is 16.5. The quantitative estimate of drug-likeness (QED) is 0.819. The molecule has 0 unspecified atom stereocenters. The number of methoxy groups -OCH3 is 1. The summed E-state index contributed by atoms with van der Waals surface area (Å²) in [7, 11) is 3.70. The van der Waals surface area contributed by atoms with E-state index in [4.69, 9.17) is 4.74 Å². The first-order valence-electron chi connectivity index (χ1n) is 5.31. The molecule has 0 saturated carbocycles. The molecule has 0 aromatic heterocycles. The van der Waals surface area contributed by atoms with Crippen molar-refractivity contribution in [1.29, 1.82) is 0 Å². The van der Waals surface area contributed by atoms with E-state index in [1.807, 2.05) is 7.05 Å². The molecule has 0 saturated heterocycles. The predicted octanol–water partition coefficient (Wildman–Crippen LogP) is 2.50. The van der Waals surface area contributed by atoms with E-state index < -0.39 is 0 Å². The highest BCUT2D eigenvalue weighted by Crippen LogP contribution is 2.27. The van der Waals surface area contributed by atoms with Gasteiger partial charge in [0.15, 0.2) is 0 Å². The van der Waals surface area contributed by atoms with Crippen LogP contribution in [0.25, 0.3) is 0 Å². The summed E-state index contributed by atoms with van der Waals surface area (Å²) >= 11 is 0. The van der Waals surface area contributed by atoms with Crippen LogP contribution in [0.15, 0.2) is 18.2 Å². The molecule has 1 N–H and O–H groups in total. The Balaban J connectivity index is 3.04. The monoisotopic (exact) mass is 207 g/mol. The highest BCUT2D eigenvalue weighted by molar-refractivity contribution is 5.39. The molecule has 2 nitrogen and oxygen atoms in total. The van der Waals surface area contributed by atoms with Crippen molar-refractivity contribution in [3.05, 3.63) is 29.3 Å². The normalized spacial score (nSPS) is 11.5. The van der Waals surface area contributed by atoms with E-state index in [1.54, 1.807) is 7.11 Å². The van der Waals surface area contributed by atoms with Crippen LogP contribution in [0.3, 0.4) is 0 Å². The maximum atomic E-state index is 5.34. The minimum atomic E-state index is 0.135. The fraction of sp³-hybridized carbons (Fsp3) is 0.538. The second kappa shape index (κ2) is 4.67. The number of benzene rings is 1. The van der Waals surface area contributed by atoms with Crippen molar-refractivity contribution >= 4 is 0 Å². The zero-order valence-corrected chi connectivity index (χ0v) is 10.3. The lowest BCUT2D eigenvalue weighted by Crippen LogP contribution is -2.30. The Morgan fingerprint density at radius 1 is 1.33 bits per heavy atom. The highest BCUT2D eigenvalue weighted by Gasteiger charge is 2.20. The molecule has 84 valence electrons. The molecule has 1 aromatic rings. The first-order chi connectivity index (χ1) is 7.01. The zero-order valence-electron chi connectivity index (χ0n) is 10.3. The van der Waals surface area contributed by atoms with Gasteiger partial charge < -0.3 is 10.1 Å². The molecule has 1 aromatic carbocycles. The Morgan fingerprint density at radius 2 is 2.00 bits per heavy atom. The fourth-order valence-corrected chi connectivity index (χ4v) is 1.78. The molecule has 2 heteroatoms. The van der Waals surface area contributed by atoms with Gasteiger partial charge in [-0.15, -0.1) is 0 Å². The van der Waals surface area contributed by atoms with Gasteiger partial charge in [-0.05, 0) is 31.2 Å². The van der Waals surface area contributed by atoms with Crippen LogP contribution in [0.4, 0.5) is 0 Å². The molecule has 0 radical (unpaired) electrons. The summed E-state index contributed by atoms with van der Waals surface area (Å²) in [6, 6.07) is 6.42. The third-order valence-corrected chi connectivity index (χ3v) is 2.81. The summed E-state index contributed by atoms with van der Waals surface area (Å²) in [6.45, 7) is 7.48. The second-order valence-corrected chi connectivity index (χ2v) is 4.60. The van der Waals surface area contributed by atoms with Crippen molar-refractivity contribution in [2.75, 3.05) is 20.7 Å². The molecule has 0 aliphatic rings. The van der Waals surface area contributed by atoms with Gasteiger partial charge in [-0.1, -0.05) is 26.0 Å². The van der Waals surface area contributed by atoms with Gasteiger partial charge in [0.05, 0.1) is 7.11 Å². The lowest BCUT2D eigenvalue weighted by molar-refractivity contribution is 0.408. The van der Waals surface area contributed by atoms with Crippen LogP contribution in [0, 0.1) is 6.92 Å². The van der Waals surface area contributed by atoms with Crippen molar-refractivity contribution in [2.45, 2.75) is 26.2 Å². The van der Waals surface area contributed by atoms with Crippen LogP contribution in [-0.4, -0.2) is 20.7 Å². The van der Waals surface area contributed by atoms with Gasteiger partial charge in [0.2, 0.25) is 0 Å². The minimum Gasteiger partial charge on any atom is -0.496 e. The van der Waals surface area contributed by atoms with Gasteiger partial charge >= 0.3 is 0 Å². The smallest absolute Gasteiger partial charge is 0.122 e. The standard InChI is InChI=1S/C13H21NO/c1-10-6-7-11(8-12(10)15-5)13(2,3)9-14-4/h6-8,14H,9H2,1-5H3. The van der Waals surface area contributed by atoms with Gasteiger partial charge in [-0.2, -0.15) is 0 Å². The maximum absolute atomic E-state index is 5.34. The molecule has 0 aliphatic carbocycles. The van der Waals surface area contributed by atoms with Crippen LogP contribution in [-0.2, 0) is 5.41 Å². The van der Waals surface area contributed by atoms with E-state index in [2.05, 4.69) is 44.3 Å². The average molecular weight is 207 g/mol. The van der Waals surface area contributed by atoms with E-state index >= 15 is 0 Å². The Labute approximate surface area is 92.6 Å². The predicted molar refractivity (Wildman–Crippen MR) is 64.7 cm³/mol. The first-order valence-corrected chi connectivity index (χ1v) is 5.31. The molecule has 0 fully saturated rings. The number of nitrogens with one attached hydrogen (secondary N) is 1. The van der Waals surface area contributed by atoms with Gasteiger partial charge in [0.25, 0.3) is 0 Å². The molecule has 0 aliphatic heterocycles. The van der Waals surface area contributed by atoms with Crippen molar-refractivity contribution in [3.8, 4) is 5.75 Å². The molecule has 15 heavy (non-hydrogen) atoms. The number of ether oxygens (including phenoxy) is 1. The van der Waals surface area contributed by atoms with Crippen LogP contribution >= 0.6 is 0 Å². The van der Waals surface area contributed by atoms with Crippen LogP contribution in [0.2, 0.25) is 0 Å². The Morgan fingerprint density at radius 3 is 2.53 bits per heavy atom. The lowest BCUT2D eigenvalue weighted by atomic mass is 9.84. The molecule has 0 spiro atoms. The number of likely N-dealkylation sites (N-methyl/N-ethyl adjacent to an activating group) is 1. The van der Waals surface area contributed by atoms with Crippen LogP contribution in [0.5, 0.6) is 5.75 Å². The minimum absolute atomic E-state index is 0.135. The largest absolute Gasteiger partial charge is 0.496 e. The molecule has 1 rings (SSSR count). The summed E-state index contributed by atoms with van der Waals surface area (Å²) in [5.41, 5.74) is 2.62. The van der Waals surface area contributed by atoms with Crippen molar-refractivity contribution in [2.24, 2.45) is 0 Å². The van der Waals surface area contributed by atoms with E-state index in [1.165, 1.54) is 11.1 Å². The Hall–Kier alpha value is -1.02. The van der Waals surface area contributed by atoms with E-state index in [0.29, 0.717) is 0 Å². The Kier molecular flexibility index (Phi) is 3.75. The molecule has 0 amide bonds. The van der Waals surface area contributed by atoms with Crippen molar-refractivity contribution in [1.82, 2.24) is 5.32 Å². The number of rotatable bonds is 4. The second-order valence-electron chi connectivity index (χ2n) is 4.60. The fourth-order valence-electron chi connectivity index (χ4n) is 1.78. The van der Waals surface area contributed by atoms with Crippen molar-refractivity contribution in [3.63, 3.8) is 0 Å². The van der Waals surface area contributed by atoms with Gasteiger partial charge in [0, 0.05) is 12.0 Å². The summed E-state index contributed by atoms with van der Waals surface area (Å²) in [5, 5.41) is 3.22. The summed E-state index contributed by atoms with van der Waals surface area (Å²) in [4.78, 5) is 0. The molecular weight excluding hydrogens is 186 g/mol. The Bertz CT molecular complexity index is 331. The number of aryl methyl sites for hydroxylation is 1.